The molecule has 0 unspecified atom stereocenters. The minimum absolute atomic E-state index is 0.0705. The fourth-order valence-electron chi connectivity index (χ4n) is 1.62. The van der Waals surface area contributed by atoms with Crippen LogP contribution < -0.4 is 5.32 Å². The second-order valence-corrected chi connectivity index (χ2v) is 3.81. The summed E-state index contributed by atoms with van der Waals surface area (Å²) in [6, 6.07) is 6.04. The first kappa shape index (κ1) is 10.7. The van der Waals surface area contributed by atoms with Crippen LogP contribution in [-0.2, 0) is 18.4 Å². The number of imidazole rings is 1. The van der Waals surface area contributed by atoms with Crippen molar-refractivity contribution in [1.29, 1.82) is 0 Å². The van der Waals surface area contributed by atoms with E-state index in [1.165, 1.54) is 0 Å². The highest BCUT2D eigenvalue weighted by molar-refractivity contribution is 5.77. The molecular weight excluding hydrogens is 202 g/mol. The summed E-state index contributed by atoms with van der Waals surface area (Å²) in [4.78, 5) is 15.4. The van der Waals surface area contributed by atoms with Gasteiger partial charge in [-0.05, 0) is 17.7 Å². The molecule has 0 aliphatic carbocycles. The van der Waals surface area contributed by atoms with Crippen LogP contribution in [-0.4, -0.2) is 15.5 Å². The SMILES string of the molecule is CCC(=O)NCc1ccc2c(c1)ncn2C. The Morgan fingerprint density at radius 3 is 3.06 bits per heavy atom. The van der Waals surface area contributed by atoms with E-state index < -0.39 is 0 Å². The molecule has 0 saturated carbocycles. The van der Waals surface area contributed by atoms with E-state index in [0.717, 1.165) is 16.6 Å². The van der Waals surface area contributed by atoms with Crippen molar-refractivity contribution in [3.05, 3.63) is 30.1 Å². The van der Waals surface area contributed by atoms with Gasteiger partial charge in [-0.3, -0.25) is 4.79 Å². The number of amides is 1. The summed E-state index contributed by atoms with van der Waals surface area (Å²) in [7, 11) is 1.97. The predicted octanol–water partition coefficient (Wildman–Crippen LogP) is 1.60. The largest absolute Gasteiger partial charge is 0.352 e. The molecule has 1 aromatic carbocycles. The molecule has 4 nitrogen and oxygen atoms in total. The highest BCUT2D eigenvalue weighted by Crippen LogP contribution is 2.13. The molecule has 1 N–H and O–H groups in total. The monoisotopic (exact) mass is 217 g/mol. The summed E-state index contributed by atoms with van der Waals surface area (Å²) < 4.78 is 1.98. The van der Waals surface area contributed by atoms with E-state index in [1.807, 2.05) is 36.7 Å². The smallest absolute Gasteiger partial charge is 0.219 e. The first-order valence-corrected chi connectivity index (χ1v) is 5.37. The standard InChI is InChI=1S/C12H15N3O/c1-3-12(16)13-7-9-4-5-11-10(6-9)14-8-15(11)2/h4-6,8H,3,7H2,1-2H3,(H,13,16). The average Bonchev–Trinajstić information content (AvgIpc) is 2.67. The number of fused-ring (bicyclic) bond motifs is 1. The van der Waals surface area contributed by atoms with Gasteiger partial charge in [-0.15, -0.1) is 0 Å². The molecule has 1 aromatic heterocycles. The van der Waals surface area contributed by atoms with Crippen molar-refractivity contribution < 1.29 is 4.79 Å². The summed E-state index contributed by atoms with van der Waals surface area (Å²) in [6.45, 7) is 2.41. The minimum Gasteiger partial charge on any atom is -0.352 e. The fourth-order valence-corrected chi connectivity index (χ4v) is 1.62. The zero-order chi connectivity index (χ0) is 11.5. The molecule has 0 radical (unpaired) electrons. The normalized spacial score (nSPS) is 10.6. The average molecular weight is 217 g/mol. The molecular formula is C12H15N3O. The second-order valence-electron chi connectivity index (χ2n) is 3.81. The molecule has 2 rings (SSSR count). The Bertz CT molecular complexity index is 516. The quantitative estimate of drug-likeness (QED) is 0.848. The summed E-state index contributed by atoms with van der Waals surface area (Å²) in [5.41, 5.74) is 3.14. The van der Waals surface area contributed by atoms with Gasteiger partial charge in [-0.25, -0.2) is 4.98 Å². The Labute approximate surface area is 94.3 Å². The van der Waals surface area contributed by atoms with Crippen LogP contribution in [0.1, 0.15) is 18.9 Å². The highest BCUT2D eigenvalue weighted by Gasteiger charge is 2.02. The molecule has 0 saturated heterocycles. The van der Waals surface area contributed by atoms with Crippen LogP contribution in [0, 0.1) is 0 Å². The molecule has 0 aliphatic rings. The number of hydrogen-bond donors (Lipinski definition) is 1. The van der Waals surface area contributed by atoms with E-state index >= 15 is 0 Å². The molecule has 2 aromatic rings. The Balaban J connectivity index is 2.17. The summed E-state index contributed by atoms with van der Waals surface area (Å²) in [6.07, 6.45) is 2.31. The molecule has 4 heteroatoms. The molecule has 16 heavy (non-hydrogen) atoms. The van der Waals surface area contributed by atoms with Gasteiger partial charge in [0, 0.05) is 20.0 Å². The van der Waals surface area contributed by atoms with Gasteiger partial charge in [-0.1, -0.05) is 13.0 Å². The Morgan fingerprint density at radius 1 is 1.50 bits per heavy atom. The maximum atomic E-state index is 11.1. The molecule has 0 spiro atoms. The zero-order valence-electron chi connectivity index (χ0n) is 9.53. The maximum absolute atomic E-state index is 11.1. The van der Waals surface area contributed by atoms with Crippen molar-refractivity contribution >= 4 is 16.9 Å². The van der Waals surface area contributed by atoms with Crippen molar-refractivity contribution in [2.24, 2.45) is 7.05 Å². The van der Waals surface area contributed by atoms with E-state index in [1.54, 1.807) is 6.33 Å². The molecule has 0 fully saturated rings. The van der Waals surface area contributed by atoms with Crippen LogP contribution >= 0.6 is 0 Å². The summed E-state index contributed by atoms with van der Waals surface area (Å²) in [5, 5.41) is 2.85. The summed E-state index contributed by atoms with van der Waals surface area (Å²) in [5.74, 6) is 0.0705. The van der Waals surface area contributed by atoms with Crippen molar-refractivity contribution in [2.75, 3.05) is 0 Å². The third-order valence-corrected chi connectivity index (χ3v) is 2.60. The Kier molecular flexibility index (Phi) is 2.90. The number of nitrogens with one attached hydrogen (secondary N) is 1. The molecule has 1 heterocycles. The van der Waals surface area contributed by atoms with Gasteiger partial charge in [0.05, 0.1) is 17.4 Å². The number of aromatic nitrogens is 2. The third kappa shape index (κ3) is 2.05. The number of carbonyl (C=O) groups excluding carboxylic acids is 1. The number of rotatable bonds is 3. The minimum atomic E-state index is 0.0705. The van der Waals surface area contributed by atoms with Crippen LogP contribution in [0.4, 0.5) is 0 Å². The third-order valence-electron chi connectivity index (χ3n) is 2.60. The molecule has 0 aliphatic heterocycles. The van der Waals surface area contributed by atoms with E-state index in [4.69, 9.17) is 0 Å². The van der Waals surface area contributed by atoms with Gasteiger partial charge in [-0.2, -0.15) is 0 Å². The van der Waals surface area contributed by atoms with Crippen molar-refractivity contribution in [2.45, 2.75) is 19.9 Å². The molecule has 0 bridgehead atoms. The lowest BCUT2D eigenvalue weighted by Gasteiger charge is -2.03. The Morgan fingerprint density at radius 2 is 2.31 bits per heavy atom. The van der Waals surface area contributed by atoms with Gasteiger partial charge < -0.3 is 9.88 Å². The second kappa shape index (κ2) is 4.35. The van der Waals surface area contributed by atoms with E-state index in [-0.39, 0.29) is 5.91 Å². The number of carbonyl (C=O) groups is 1. The van der Waals surface area contributed by atoms with Gasteiger partial charge in [0.25, 0.3) is 0 Å². The van der Waals surface area contributed by atoms with Crippen LogP contribution in [0.5, 0.6) is 0 Å². The fraction of sp³-hybridized carbons (Fsp3) is 0.333. The zero-order valence-corrected chi connectivity index (χ0v) is 9.53. The van der Waals surface area contributed by atoms with Gasteiger partial charge >= 0.3 is 0 Å². The lowest BCUT2D eigenvalue weighted by atomic mass is 10.2. The lowest BCUT2D eigenvalue weighted by molar-refractivity contribution is -0.120. The van der Waals surface area contributed by atoms with E-state index in [0.29, 0.717) is 13.0 Å². The lowest BCUT2D eigenvalue weighted by Crippen LogP contribution is -2.21. The first-order valence-electron chi connectivity index (χ1n) is 5.37. The topological polar surface area (TPSA) is 46.9 Å². The van der Waals surface area contributed by atoms with Crippen LogP contribution in [0.15, 0.2) is 24.5 Å². The first-order chi connectivity index (χ1) is 7.70. The van der Waals surface area contributed by atoms with E-state index in [9.17, 15) is 4.79 Å². The maximum Gasteiger partial charge on any atom is 0.219 e. The number of nitrogens with zero attached hydrogens (tertiary/aromatic N) is 2. The van der Waals surface area contributed by atoms with Crippen LogP contribution in [0.2, 0.25) is 0 Å². The number of hydrogen-bond acceptors (Lipinski definition) is 2. The van der Waals surface area contributed by atoms with E-state index in [2.05, 4.69) is 10.3 Å². The van der Waals surface area contributed by atoms with Gasteiger partial charge in [0.1, 0.15) is 0 Å². The number of benzene rings is 1. The van der Waals surface area contributed by atoms with Crippen molar-refractivity contribution in [3.8, 4) is 0 Å². The summed E-state index contributed by atoms with van der Waals surface area (Å²) >= 11 is 0. The molecule has 0 atom stereocenters. The van der Waals surface area contributed by atoms with Crippen molar-refractivity contribution in [3.63, 3.8) is 0 Å². The van der Waals surface area contributed by atoms with Crippen LogP contribution in [0.25, 0.3) is 11.0 Å². The Hall–Kier alpha value is -1.84. The molecule has 84 valence electrons. The predicted molar refractivity (Wildman–Crippen MR) is 62.9 cm³/mol. The highest BCUT2D eigenvalue weighted by atomic mass is 16.1. The molecule has 1 amide bonds. The van der Waals surface area contributed by atoms with Gasteiger partial charge in [0.2, 0.25) is 5.91 Å². The van der Waals surface area contributed by atoms with Crippen molar-refractivity contribution in [1.82, 2.24) is 14.9 Å². The van der Waals surface area contributed by atoms with Crippen LogP contribution in [0.3, 0.4) is 0 Å². The van der Waals surface area contributed by atoms with Gasteiger partial charge in [0.15, 0.2) is 0 Å². The number of aryl methyl sites for hydroxylation is 1.